The summed E-state index contributed by atoms with van der Waals surface area (Å²) in [5, 5.41) is 1.79. The molecule has 1 heterocycles. The van der Waals surface area contributed by atoms with Crippen molar-refractivity contribution in [1.82, 2.24) is 9.96 Å². The van der Waals surface area contributed by atoms with Gasteiger partial charge in [0.15, 0.2) is 0 Å². The molecular weight excluding hydrogens is 192 g/mol. The van der Waals surface area contributed by atoms with Crippen LogP contribution in [0, 0.1) is 5.92 Å². The van der Waals surface area contributed by atoms with Gasteiger partial charge >= 0.3 is 5.97 Å². The number of hydroxylamine groups is 2. The van der Waals surface area contributed by atoms with Gasteiger partial charge in [-0.25, -0.2) is 0 Å². The van der Waals surface area contributed by atoms with E-state index in [-0.39, 0.29) is 11.9 Å². The zero-order valence-corrected chi connectivity index (χ0v) is 10.0. The summed E-state index contributed by atoms with van der Waals surface area (Å²) in [4.78, 5) is 19.3. The Morgan fingerprint density at radius 3 is 2.20 bits per heavy atom. The Hall–Kier alpha value is -0.610. The van der Waals surface area contributed by atoms with E-state index in [1.165, 1.54) is 0 Å². The van der Waals surface area contributed by atoms with Crippen LogP contribution < -0.4 is 0 Å². The van der Waals surface area contributed by atoms with Gasteiger partial charge in [-0.3, -0.25) is 4.79 Å². The normalized spacial score (nSPS) is 19.5. The van der Waals surface area contributed by atoms with Crippen molar-refractivity contribution in [3.05, 3.63) is 0 Å². The van der Waals surface area contributed by atoms with Gasteiger partial charge in [-0.1, -0.05) is 13.8 Å². The highest BCUT2D eigenvalue weighted by atomic mass is 16.7. The van der Waals surface area contributed by atoms with E-state index in [1.807, 2.05) is 13.8 Å². The predicted octanol–water partition coefficient (Wildman–Crippen LogP) is 1.13. The fourth-order valence-corrected chi connectivity index (χ4v) is 1.70. The van der Waals surface area contributed by atoms with Crippen molar-refractivity contribution in [2.24, 2.45) is 5.92 Å². The molecule has 0 atom stereocenters. The zero-order valence-electron chi connectivity index (χ0n) is 10.0. The lowest BCUT2D eigenvalue weighted by atomic mass is 10.0. The first-order valence-corrected chi connectivity index (χ1v) is 5.82. The summed E-state index contributed by atoms with van der Waals surface area (Å²) < 4.78 is 0. The van der Waals surface area contributed by atoms with Crippen LogP contribution in [0.4, 0.5) is 0 Å². The van der Waals surface area contributed by atoms with Crippen LogP contribution >= 0.6 is 0 Å². The highest BCUT2D eigenvalue weighted by molar-refractivity contribution is 5.71. The fourth-order valence-electron chi connectivity index (χ4n) is 1.70. The Kier molecular flexibility index (Phi) is 5.05. The van der Waals surface area contributed by atoms with Crippen molar-refractivity contribution in [3.8, 4) is 0 Å². The van der Waals surface area contributed by atoms with Crippen molar-refractivity contribution in [2.45, 2.75) is 26.7 Å². The topological polar surface area (TPSA) is 32.8 Å². The maximum atomic E-state index is 11.7. The summed E-state index contributed by atoms with van der Waals surface area (Å²) in [5.74, 6) is -0.00536. The molecule has 4 heteroatoms. The van der Waals surface area contributed by atoms with Gasteiger partial charge in [-0.05, 0) is 19.9 Å². The molecule has 0 aromatic carbocycles. The van der Waals surface area contributed by atoms with E-state index in [9.17, 15) is 4.79 Å². The second-order valence-corrected chi connectivity index (χ2v) is 4.16. The number of carbonyl (C=O) groups is 1. The molecule has 0 aromatic heterocycles. The molecule has 1 aliphatic heterocycles. The number of nitrogens with zero attached hydrogens (tertiary/aromatic N) is 2. The lowest BCUT2D eigenvalue weighted by molar-refractivity contribution is -0.202. The number of carbonyl (C=O) groups excluding carboxylic acids is 1. The van der Waals surface area contributed by atoms with Gasteiger partial charge in [-0.15, -0.1) is 5.06 Å². The van der Waals surface area contributed by atoms with E-state index in [1.54, 1.807) is 5.06 Å². The Bertz CT molecular complexity index is 197. The Morgan fingerprint density at radius 2 is 1.73 bits per heavy atom. The van der Waals surface area contributed by atoms with E-state index in [4.69, 9.17) is 4.84 Å². The summed E-state index contributed by atoms with van der Waals surface area (Å²) in [6.07, 6.45) is 1.73. The molecule has 88 valence electrons. The predicted molar refractivity (Wildman–Crippen MR) is 59.2 cm³/mol. The van der Waals surface area contributed by atoms with E-state index >= 15 is 0 Å². The van der Waals surface area contributed by atoms with Crippen molar-refractivity contribution in [1.29, 1.82) is 0 Å². The molecule has 1 saturated heterocycles. The second kappa shape index (κ2) is 6.08. The molecule has 1 fully saturated rings. The molecule has 1 aliphatic rings. The highest BCUT2D eigenvalue weighted by Gasteiger charge is 2.22. The quantitative estimate of drug-likeness (QED) is 0.702. The minimum Gasteiger partial charge on any atom is -0.368 e. The Balaban J connectivity index is 2.31. The number of piperazine rings is 1. The maximum absolute atomic E-state index is 11.7. The smallest absolute Gasteiger partial charge is 0.328 e. The van der Waals surface area contributed by atoms with Crippen molar-refractivity contribution in [3.63, 3.8) is 0 Å². The molecular formula is C11H22N2O2. The van der Waals surface area contributed by atoms with Gasteiger partial charge in [0.1, 0.15) is 0 Å². The molecule has 0 unspecified atom stereocenters. The molecule has 0 radical (unpaired) electrons. The lowest BCUT2D eigenvalue weighted by Crippen LogP contribution is -2.45. The molecule has 0 spiro atoms. The number of likely N-dealkylation sites (N-methyl/N-ethyl adjacent to an activating group) is 1. The zero-order chi connectivity index (χ0) is 11.3. The van der Waals surface area contributed by atoms with Gasteiger partial charge in [-0.2, -0.15) is 0 Å². The monoisotopic (exact) mass is 214 g/mol. The largest absolute Gasteiger partial charge is 0.368 e. The molecule has 4 nitrogen and oxygen atoms in total. The average Bonchev–Trinajstić information content (AvgIpc) is 2.23. The van der Waals surface area contributed by atoms with Crippen molar-refractivity contribution < 1.29 is 9.63 Å². The van der Waals surface area contributed by atoms with Crippen LogP contribution in [0.25, 0.3) is 0 Å². The first kappa shape index (κ1) is 12.5. The molecule has 0 saturated carbocycles. The van der Waals surface area contributed by atoms with Gasteiger partial charge in [0.2, 0.25) is 0 Å². The average molecular weight is 214 g/mol. The summed E-state index contributed by atoms with van der Waals surface area (Å²) in [5.41, 5.74) is 0. The first-order chi connectivity index (χ1) is 7.17. The fraction of sp³-hybridized carbons (Fsp3) is 0.909. The molecule has 0 amide bonds. The minimum absolute atomic E-state index is 0.0599. The summed E-state index contributed by atoms with van der Waals surface area (Å²) in [6.45, 7) is 7.63. The molecule has 0 aromatic rings. The van der Waals surface area contributed by atoms with Crippen LogP contribution in [0.3, 0.4) is 0 Å². The van der Waals surface area contributed by atoms with Crippen LogP contribution in [0.15, 0.2) is 0 Å². The van der Waals surface area contributed by atoms with Crippen LogP contribution in [-0.4, -0.2) is 49.2 Å². The van der Waals surface area contributed by atoms with Gasteiger partial charge < -0.3 is 9.74 Å². The maximum Gasteiger partial charge on any atom is 0.328 e. The van der Waals surface area contributed by atoms with Gasteiger partial charge in [0.05, 0.1) is 5.92 Å². The summed E-state index contributed by atoms with van der Waals surface area (Å²) >= 11 is 0. The molecule has 15 heavy (non-hydrogen) atoms. The highest BCUT2D eigenvalue weighted by Crippen LogP contribution is 2.11. The third kappa shape index (κ3) is 3.80. The van der Waals surface area contributed by atoms with Crippen LogP contribution in [0.5, 0.6) is 0 Å². The Labute approximate surface area is 92.1 Å². The van der Waals surface area contributed by atoms with E-state index < -0.39 is 0 Å². The summed E-state index contributed by atoms with van der Waals surface area (Å²) in [6, 6.07) is 0. The van der Waals surface area contributed by atoms with Crippen LogP contribution in [0.2, 0.25) is 0 Å². The van der Waals surface area contributed by atoms with E-state index in [0.717, 1.165) is 39.0 Å². The number of rotatable bonds is 4. The molecule has 0 bridgehead atoms. The second-order valence-electron chi connectivity index (χ2n) is 4.16. The molecule has 0 N–H and O–H groups in total. The Morgan fingerprint density at radius 1 is 1.20 bits per heavy atom. The number of hydrogen-bond donors (Lipinski definition) is 0. The molecule has 1 rings (SSSR count). The van der Waals surface area contributed by atoms with Crippen molar-refractivity contribution in [2.75, 3.05) is 33.2 Å². The third-order valence-electron chi connectivity index (χ3n) is 3.00. The van der Waals surface area contributed by atoms with Crippen LogP contribution in [-0.2, 0) is 9.63 Å². The van der Waals surface area contributed by atoms with E-state index in [0.29, 0.717) is 0 Å². The standard InChI is InChI=1S/C11H22N2O2/c1-4-10(5-2)11(14)15-13-8-6-12(3)7-9-13/h10H,4-9H2,1-3H3. The first-order valence-electron chi connectivity index (χ1n) is 5.82. The van der Waals surface area contributed by atoms with Crippen molar-refractivity contribution >= 4 is 5.97 Å². The molecule has 0 aliphatic carbocycles. The minimum atomic E-state index is -0.0652. The number of hydrogen-bond acceptors (Lipinski definition) is 4. The van der Waals surface area contributed by atoms with Crippen LogP contribution in [0.1, 0.15) is 26.7 Å². The van der Waals surface area contributed by atoms with Gasteiger partial charge in [0, 0.05) is 26.2 Å². The SMILES string of the molecule is CCC(CC)C(=O)ON1CCN(C)CC1. The third-order valence-corrected chi connectivity index (χ3v) is 3.00. The lowest BCUT2D eigenvalue weighted by Gasteiger charge is -2.31. The van der Waals surface area contributed by atoms with Gasteiger partial charge in [0.25, 0.3) is 0 Å². The van der Waals surface area contributed by atoms with E-state index in [2.05, 4.69) is 11.9 Å². The summed E-state index contributed by atoms with van der Waals surface area (Å²) in [7, 11) is 2.08.